The lowest BCUT2D eigenvalue weighted by atomic mass is 10.3. The molecule has 1 heterocycles. The zero-order valence-electron chi connectivity index (χ0n) is 10.3. The van der Waals surface area contributed by atoms with Crippen LogP contribution >= 0.6 is 23.4 Å². The van der Waals surface area contributed by atoms with Crippen LogP contribution in [0.1, 0.15) is 11.8 Å². The maximum absolute atomic E-state index is 10.1. The van der Waals surface area contributed by atoms with Gasteiger partial charge in [0.1, 0.15) is 12.4 Å². The van der Waals surface area contributed by atoms with Gasteiger partial charge in [-0.25, -0.2) is 9.97 Å². The second-order valence-corrected chi connectivity index (χ2v) is 5.30. The molecule has 1 aromatic carbocycles. The maximum atomic E-state index is 10.1. The normalized spacial score (nSPS) is 12.2. The average Bonchev–Trinajstić information content (AvgIpc) is 2.45. The number of rotatable bonds is 5. The first-order chi connectivity index (χ1) is 9.19. The summed E-state index contributed by atoms with van der Waals surface area (Å²) >= 11 is 7.42. The highest BCUT2D eigenvalue weighted by Gasteiger charge is 2.11. The van der Waals surface area contributed by atoms with Crippen LogP contribution in [0.2, 0.25) is 5.02 Å². The smallest absolute Gasteiger partial charge is 0.216 e. The van der Waals surface area contributed by atoms with Gasteiger partial charge in [0, 0.05) is 21.7 Å². The minimum absolute atomic E-state index is 0.441. The van der Waals surface area contributed by atoms with Crippen LogP contribution in [0.15, 0.2) is 41.6 Å². The van der Waals surface area contributed by atoms with E-state index in [0.29, 0.717) is 22.3 Å². The third-order valence-electron chi connectivity index (χ3n) is 2.42. The Hall–Kier alpha value is -1.30. The Bertz CT molecular complexity index is 554. The van der Waals surface area contributed by atoms with Gasteiger partial charge >= 0.3 is 0 Å². The van der Waals surface area contributed by atoms with Crippen LogP contribution in [0, 0.1) is 0 Å². The Balaban J connectivity index is 1.99. The van der Waals surface area contributed by atoms with Gasteiger partial charge in [0.25, 0.3) is 0 Å². The summed E-state index contributed by atoms with van der Waals surface area (Å²) in [5.41, 5.74) is 0.543. The number of methoxy groups -OCH3 is 1. The molecule has 0 spiro atoms. The number of aromatic nitrogens is 2. The monoisotopic (exact) mass is 296 g/mol. The molecule has 1 aromatic heterocycles. The molecule has 0 bridgehead atoms. The molecule has 0 aliphatic heterocycles. The summed E-state index contributed by atoms with van der Waals surface area (Å²) < 4.78 is 5.00. The Kier molecular flexibility index (Phi) is 5.01. The molecule has 6 heteroatoms. The molecule has 0 saturated carbocycles. The molecule has 1 unspecified atom stereocenters. The molecule has 0 amide bonds. The summed E-state index contributed by atoms with van der Waals surface area (Å²) in [6.07, 6.45) is 0.697. The quantitative estimate of drug-likeness (QED) is 0.860. The number of aliphatic hydroxyl groups is 1. The topological polar surface area (TPSA) is 55.2 Å². The fraction of sp³-hybridized carbons (Fsp3) is 0.231. The van der Waals surface area contributed by atoms with E-state index in [2.05, 4.69) is 9.97 Å². The highest BCUT2D eigenvalue weighted by atomic mass is 35.5. The molecule has 19 heavy (non-hydrogen) atoms. The summed E-state index contributed by atoms with van der Waals surface area (Å²) in [5, 5.41) is 10.8. The maximum Gasteiger partial charge on any atom is 0.216 e. The molecule has 1 atom stereocenters. The van der Waals surface area contributed by atoms with Crippen LogP contribution < -0.4 is 4.74 Å². The Labute approximate surface area is 120 Å². The van der Waals surface area contributed by atoms with Crippen LogP contribution in [-0.2, 0) is 0 Å². The van der Waals surface area contributed by atoms with Crippen LogP contribution in [0.25, 0.3) is 0 Å². The van der Waals surface area contributed by atoms with Gasteiger partial charge in [-0.05, 0) is 18.2 Å². The number of halogens is 1. The van der Waals surface area contributed by atoms with Gasteiger partial charge in [0.2, 0.25) is 5.88 Å². The van der Waals surface area contributed by atoms with E-state index >= 15 is 0 Å². The van der Waals surface area contributed by atoms with Crippen molar-refractivity contribution in [2.24, 2.45) is 0 Å². The molecule has 100 valence electrons. The average molecular weight is 297 g/mol. The molecule has 0 aliphatic carbocycles. The van der Waals surface area contributed by atoms with Crippen LogP contribution in [0.3, 0.4) is 0 Å². The minimum atomic E-state index is -0.680. The lowest BCUT2D eigenvalue weighted by molar-refractivity contribution is 0.198. The van der Waals surface area contributed by atoms with Gasteiger partial charge < -0.3 is 9.84 Å². The second kappa shape index (κ2) is 6.75. The van der Waals surface area contributed by atoms with Crippen molar-refractivity contribution in [3.8, 4) is 5.88 Å². The van der Waals surface area contributed by atoms with Crippen LogP contribution in [-0.4, -0.2) is 27.9 Å². The number of aliphatic hydroxyl groups excluding tert-OH is 1. The SMILES string of the molecule is COc1cc(C(O)CSc2cccc(Cl)c2)ncn1. The van der Waals surface area contributed by atoms with Crippen molar-refractivity contribution >= 4 is 23.4 Å². The van der Waals surface area contributed by atoms with Crippen molar-refractivity contribution in [2.75, 3.05) is 12.9 Å². The summed E-state index contributed by atoms with van der Waals surface area (Å²) in [4.78, 5) is 8.95. The number of ether oxygens (including phenoxy) is 1. The molecular formula is C13H13ClN2O2S. The highest BCUT2D eigenvalue weighted by Crippen LogP contribution is 2.26. The molecule has 1 N–H and O–H groups in total. The Morgan fingerprint density at radius 1 is 1.37 bits per heavy atom. The van der Waals surface area contributed by atoms with Crippen molar-refractivity contribution in [3.05, 3.63) is 47.4 Å². The first-order valence-electron chi connectivity index (χ1n) is 5.61. The Morgan fingerprint density at radius 3 is 2.95 bits per heavy atom. The van der Waals surface area contributed by atoms with Crippen LogP contribution in [0.4, 0.5) is 0 Å². The second-order valence-electron chi connectivity index (χ2n) is 3.77. The first kappa shape index (κ1) is 14.1. The van der Waals surface area contributed by atoms with Gasteiger partial charge in [-0.15, -0.1) is 11.8 Å². The molecular weight excluding hydrogens is 284 g/mol. The molecule has 4 nitrogen and oxygen atoms in total. The minimum Gasteiger partial charge on any atom is -0.481 e. The van der Waals surface area contributed by atoms with E-state index in [9.17, 15) is 5.11 Å². The number of hydrogen-bond donors (Lipinski definition) is 1. The standard InChI is InChI=1S/C13H13ClN2O2S/c1-18-13-6-11(15-8-16-13)12(17)7-19-10-4-2-3-9(14)5-10/h2-6,8,12,17H,7H2,1H3. The molecule has 0 fully saturated rings. The third-order valence-corrected chi connectivity index (χ3v) is 3.72. The third kappa shape index (κ3) is 4.09. The predicted molar refractivity (Wildman–Crippen MR) is 75.7 cm³/mol. The van der Waals surface area contributed by atoms with E-state index in [-0.39, 0.29) is 0 Å². The number of nitrogens with zero attached hydrogens (tertiary/aromatic N) is 2. The van der Waals surface area contributed by atoms with Gasteiger partial charge in [0.15, 0.2) is 0 Å². The molecule has 0 saturated heterocycles. The van der Waals surface area contributed by atoms with Gasteiger partial charge in [-0.2, -0.15) is 0 Å². The van der Waals surface area contributed by atoms with Crippen LogP contribution in [0.5, 0.6) is 5.88 Å². The highest BCUT2D eigenvalue weighted by molar-refractivity contribution is 7.99. The van der Waals surface area contributed by atoms with Crippen molar-refractivity contribution in [1.82, 2.24) is 9.97 Å². The lowest BCUT2D eigenvalue weighted by Crippen LogP contribution is -2.04. The van der Waals surface area contributed by atoms with Gasteiger partial charge in [0.05, 0.1) is 12.8 Å². The van der Waals surface area contributed by atoms with E-state index in [0.717, 1.165) is 4.90 Å². The van der Waals surface area contributed by atoms with E-state index in [1.165, 1.54) is 25.2 Å². The molecule has 2 rings (SSSR count). The van der Waals surface area contributed by atoms with Gasteiger partial charge in [-0.3, -0.25) is 0 Å². The summed E-state index contributed by atoms with van der Waals surface area (Å²) in [7, 11) is 1.53. The largest absolute Gasteiger partial charge is 0.481 e. The van der Waals surface area contributed by atoms with Crippen molar-refractivity contribution < 1.29 is 9.84 Å². The van der Waals surface area contributed by atoms with Crippen molar-refractivity contribution in [3.63, 3.8) is 0 Å². The molecule has 0 radical (unpaired) electrons. The number of benzene rings is 1. The van der Waals surface area contributed by atoms with E-state index in [1.807, 2.05) is 24.3 Å². The van der Waals surface area contributed by atoms with Gasteiger partial charge in [-0.1, -0.05) is 17.7 Å². The van der Waals surface area contributed by atoms with Crippen molar-refractivity contribution in [1.29, 1.82) is 0 Å². The summed E-state index contributed by atoms with van der Waals surface area (Å²) in [6.45, 7) is 0. The Morgan fingerprint density at radius 2 is 2.21 bits per heavy atom. The van der Waals surface area contributed by atoms with E-state index in [1.54, 1.807) is 6.07 Å². The lowest BCUT2D eigenvalue weighted by Gasteiger charge is -2.10. The van der Waals surface area contributed by atoms with E-state index < -0.39 is 6.10 Å². The fourth-order valence-corrected chi connectivity index (χ4v) is 2.63. The summed E-state index contributed by atoms with van der Waals surface area (Å²) in [6, 6.07) is 9.13. The zero-order chi connectivity index (χ0) is 13.7. The fourth-order valence-electron chi connectivity index (χ4n) is 1.46. The number of thioether (sulfide) groups is 1. The summed E-state index contributed by atoms with van der Waals surface area (Å²) in [5.74, 6) is 0.928. The van der Waals surface area contributed by atoms with Crippen molar-refractivity contribution in [2.45, 2.75) is 11.0 Å². The number of hydrogen-bond acceptors (Lipinski definition) is 5. The predicted octanol–water partition coefficient (Wildman–Crippen LogP) is 2.96. The first-order valence-corrected chi connectivity index (χ1v) is 6.98. The molecule has 2 aromatic rings. The molecule has 0 aliphatic rings. The van der Waals surface area contributed by atoms with E-state index in [4.69, 9.17) is 16.3 Å². The zero-order valence-corrected chi connectivity index (χ0v) is 11.9.